The molecule has 0 radical (unpaired) electrons. The molecule has 8 heteroatoms. The molecule has 0 aliphatic heterocycles. The molecule has 0 saturated heterocycles. The van der Waals surface area contributed by atoms with Crippen molar-refractivity contribution in [3.8, 4) is 0 Å². The number of aliphatic hydroxyl groups excluding tert-OH is 1. The first-order valence-electron chi connectivity index (χ1n) is 4.85. The highest BCUT2D eigenvalue weighted by molar-refractivity contribution is 6.32. The Morgan fingerprint density at radius 1 is 1.56 bits per heavy atom. The summed E-state index contributed by atoms with van der Waals surface area (Å²) in [5, 5.41) is 19.7. The van der Waals surface area contributed by atoms with Gasteiger partial charge in [0.15, 0.2) is 6.04 Å². The summed E-state index contributed by atoms with van der Waals surface area (Å²) in [6.07, 6.45) is -0.491. The highest BCUT2D eigenvalue weighted by Gasteiger charge is 2.26. The first-order valence-corrected chi connectivity index (χ1v) is 5.23. The van der Waals surface area contributed by atoms with Crippen LogP contribution in [-0.2, 0) is 4.79 Å². The number of rotatable bonds is 4. The van der Waals surface area contributed by atoms with E-state index in [1.165, 1.54) is 6.92 Å². The van der Waals surface area contributed by atoms with E-state index in [1.54, 1.807) is 0 Å². The Hall–Kier alpha value is -1.73. The second kappa shape index (κ2) is 5.74. The average molecular weight is 277 g/mol. The van der Waals surface area contributed by atoms with Crippen LogP contribution in [0.3, 0.4) is 0 Å². The van der Waals surface area contributed by atoms with Gasteiger partial charge in [0, 0.05) is 0 Å². The van der Waals surface area contributed by atoms with Crippen molar-refractivity contribution in [1.29, 1.82) is 0 Å². The first-order chi connectivity index (χ1) is 8.32. The maximum Gasteiger partial charge on any atom is 0.328 e. The second-order valence-corrected chi connectivity index (χ2v) is 3.88. The summed E-state index contributed by atoms with van der Waals surface area (Å²) >= 11 is 5.59. The lowest BCUT2D eigenvalue weighted by atomic mass is 10.1. The molecule has 1 rings (SSSR count). The van der Waals surface area contributed by atoms with Gasteiger partial charge in [-0.25, -0.2) is 14.2 Å². The smallest absolute Gasteiger partial charge is 0.328 e. The van der Waals surface area contributed by atoms with E-state index in [1.807, 2.05) is 5.32 Å². The number of hydrogen-bond acceptors (Lipinski definition) is 4. The maximum atomic E-state index is 12.9. The van der Waals surface area contributed by atoms with Gasteiger partial charge in [0.1, 0.15) is 11.0 Å². The number of carboxylic acid groups (broad SMARTS) is 1. The average Bonchev–Trinajstić information content (AvgIpc) is 2.28. The van der Waals surface area contributed by atoms with Crippen LogP contribution in [0.25, 0.3) is 0 Å². The number of carbonyl (C=O) groups excluding carboxylic acids is 1. The van der Waals surface area contributed by atoms with Crippen molar-refractivity contribution in [3.05, 3.63) is 28.8 Å². The minimum absolute atomic E-state index is 0.261. The Bertz CT molecular complexity index is 481. The van der Waals surface area contributed by atoms with Gasteiger partial charge < -0.3 is 15.5 Å². The minimum atomic E-state index is -1.52. The number of carbonyl (C=O) groups is 2. The highest BCUT2D eigenvalue weighted by Crippen LogP contribution is 2.14. The van der Waals surface area contributed by atoms with Crippen molar-refractivity contribution in [2.45, 2.75) is 19.1 Å². The van der Waals surface area contributed by atoms with Crippen LogP contribution in [0.4, 0.5) is 4.39 Å². The number of nitrogens with zero attached hydrogens (tertiary/aromatic N) is 1. The predicted octanol–water partition coefficient (Wildman–Crippen LogP) is 0.438. The van der Waals surface area contributed by atoms with Crippen LogP contribution >= 0.6 is 11.6 Å². The number of aliphatic hydroxyl groups is 1. The Morgan fingerprint density at radius 2 is 2.17 bits per heavy atom. The van der Waals surface area contributed by atoms with Crippen LogP contribution in [0.2, 0.25) is 5.15 Å². The molecule has 0 aromatic carbocycles. The number of nitrogens with one attached hydrogen (secondary N) is 1. The summed E-state index contributed by atoms with van der Waals surface area (Å²) in [6.45, 7) is 1.20. The fraction of sp³-hybridized carbons (Fsp3) is 0.300. The number of aliphatic carboxylic acids is 1. The zero-order valence-electron chi connectivity index (χ0n) is 9.22. The van der Waals surface area contributed by atoms with Crippen molar-refractivity contribution in [3.63, 3.8) is 0 Å². The number of hydrogen-bond donors (Lipinski definition) is 3. The molecule has 0 aliphatic rings. The van der Waals surface area contributed by atoms with E-state index < -0.39 is 29.8 Å². The van der Waals surface area contributed by atoms with Crippen LogP contribution in [-0.4, -0.2) is 39.2 Å². The van der Waals surface area contributed by atoms with E-state index in [9.17, 15) is 19.1 Å². The fourth-order valence-electron chi connectivity index (χ4n) is 1.19. The minimum Gasteiger partial charge on any atom is -0.480 e. The van der Waals surface area contributed by atoms with E-state index in [-0.39, 0.29) is 10.7 Å². The van der Waals surface area contributed by atoms with Crippen LogP contribution in [0.5, 0.6) is 0 Å². The molecule has 98 valence electrons. The summed E-state index contributed by atoms with van der Waals surface area (Å²) < 4.78 is 12.9. The van der Waals surface area contributed by atoms with E-state index in [0.29, 0.717) is 0 Å². The Morgan fingerprint density at radius 3 is 2.67 bits per heavy atom. The van der Waals surface area contributed by atoms with Crippen molar-refractivity contribution < 1.29 is 24.2 Å². The molecule has 0 fully saturated rings. The molecule has 18 heavy (non-hydrogen) atoms. The van der Waals surface area contributed by atoms with Crippen LogP contribution in [0, 0.1) is 5.82 Å². The molecule has 0 bridgehead atoms. The lowest BCUT2D eigenvalue weighted by Gasteiger charge is -2.17. The van der Waals surface area contributed by atoms with Crippen LogP contribution < -0.4 is 5.32 Å². The quantitative estimate of drug-likeness (QED) is 0.693. The first kappa shape index (κ1) is 14.3. The Labute approximate surface area is 106 Å². The van der Waals surface area contributed by atoms with Gasteiger partial charge in [0.05, 0.1) is 17.9 Å². The van der Waals surface area contributed by atoms with Crippen molar-refractivity contribution in [2.75, 3.05) is 0 Å². The van der Waals surface area contributed by atoms with Crippen molar-refractivity contribution in [2.24, 2.45) is 0 Å². The van der Waals surface area contributed by atoms with Gasteiger partial charge in [0.25, 0.3) is 5.91 Å². The summed E-state index contributed by atoms with van der Waals surface area (Å²) in [4.78, 5) is 25.8. The normalized spacial score (nSPS) is 13.8. The summed E-state index contributed by atoms with van der Waals surface area (Å²) in [5.41, 5.74) is -0.302. The molecular weight excluding hydrogens is 267 g/mol. The number of carboxylic acids is 1. The van der Waals surface area contributed by atoms with Gasteiger partial charge in [-0.3, -0.25) is 4.79 Å². The number of aromatic nitrogens is 1. The maximum absolute atomic E-state index is 12.9. The summed E-state index contributed by atoms with van der Waals surface area (Å²) in [7, 11) is 0. The number of amides is 1. The van der Waals surface area contributed by atoms with Gasteiger partial charge >= 0.3 is 5.97 Å². The molecule has 3 N–H and O–H groups in total. The zero-order valence-corrected chi connectivity index (χ0v) is 9.98. The Kier molecular flexibility index (Phi) is 4.57. The van der Waals surface area contributed by atoms with Crippen LogP contribution in [0.1, 0.15) is 17.3 Å². The van der Waals surface area contributed by atoms with E-state index in [2.05, 4.69) is 4.98 Å². The summed E-state index contributed by atoms with van der Waals surface area (Å²) in [5.74, 6) is -3.13. The standard InChI is InChI=1S/C10H10ClFN2O4/c1-4(15)7(10(17)18)14-9(16)6-2-5(12)3-13-8(6)11/h2-4,7,15H,1H3,(H,14,16)(H,17,18). The third kappa shape index (κ3) is 3.38. The molecule has 0 aliphatic carbocycles. The highest BCUT2D eigenvalue weighted by atomic mass is 35.5. The van der Waals surface area contributed by atoms with Gasteiger partial charge in [-0.05, 0) is 13.0 Å². The third-order valence-corrected chi connectivity index (χ3v) is 2.39. The largest absolute Gasteiger partial charge is 0.480 e. The third-order valence-electron chi connectivity index (χ3n) is 2.09. The second-order valence-electron chi connectivity index (χ2n) is 3.52. The lowest BCUT2D eigenvalue weighted by Crippen LogP contribution is -2.47. The molecule has 0 spiro atoms. The zero-order chi connectivity index (χ0) is 13.9. The lowest BCUT2D eigenvalue weighted by molar-refractivity contribution is -0.141. The van der Waals surface area contributed by atoms with Crippen molar-refractivity contribution >= 4 is 23.5 Å². The van der Waals surface area contributed by atoms with E-state index >= 15 is 0 Å². The number of halogens is 2. The van der Waals surface area contributed by atoms with Gasteiger partial charge in [-0.1, -0.05) is 11.6 Å². The van der Waals surface area contributed by atoms with Crippen molar-refractivity contribution in [1.82, 2.24) is 10.3 Å². The topological polar surface area (TPSA) is 99.5 Å². The molecule has 6 nitrogen and oxygen atoms in total. The SMILES string of the molecule is CC(O)C(NC(=O)c1cc(F)cnc1Cl)C(=O)O. The molecule has 2 unspecified atom stereocenters. The van der Waals surface area contributed by atoms with Crippen LogP contribution in [0.15, 0.2) is 12.3 Å². The molecule has 1 heterocycles. The van der Waals surface area contributed by atoms with Gasteiger partial charge in [0.2, 0.25) is 0 Å². The molecule has 0 saturated carbocycles. The molecule has 1 aromatic rings. The fourth-order valence-corrected chi connectivity index (χ4v) is 1.38. The summed E-state index contributed by atoms with van der Waals surface area (Å²) in [6, 6.07) is -0.692. The number of pyridine rings is 1. The van der Waals surface area contributed by atoms with E-state index in [4.69, 9.17) is 16.7 Å². The van der Waals surface area contributed by atoms with Gasteiger partial charge in [-0.2, -0.15) is 0 Å². The molecule has 1 amide bonds. The molecule has 2 atom stereocenters. The van der Waals surface area contributed by atoms with Gasteiger partial charge in [-0.15, -0.1) is 0 Å². The molecule has 1 aromatic heterocycles. The monoisotopic (exact) mass is 276 g/mol. The van der Waals surface area contributed by atoms with E-state index in [0.717, 1.165) is 12.3 Å². The predicted molar refractivity (Wildman–Crippen MR) is 59.8 cm³/mol. The molecular formula is C10H10ClFN2O4. The Balaban J connectivity index is 2.94.